The van der Waals surface area contributed by atoms with Crippen LogP contribution in [-0.2, 0) is 58.8 Å². The first-order valence-electron chi connectivity index (χ1n) is 13.5. The molecule has 15 heteroatoms. The van der Waals surface area contributed by atoms with Crippen molar-refractivity contribution in [2.24, 2.45) is 0 Å². The lowest BCUT2D eigenvalue weighted by atomic mass is 10.0. The van der Waals surface area contributed by atoms with Gasteiger partial charge in [0, 0.05) is 46.0 Å². The molecule has 8 atom stereocenters. The van der Waals surface area contributed by atoms with E-state index in [1.165, 1.54) is 43.7 Å². The van der Waals surface area contributed by atoms with Crippen molar-refractivity contribution in [3.63, 3.8) is 0 Å². The van der Waals surface area contributed by atoms with E-state index in [1.807, 2.05) is 0 Å². The Hall–Kier alpha value is -3.37. The summed E-state index contributed by atoms with van der Waals surface area (Å²) in [6.07, 6.45) is -4.28. The molecule has 4 unspecified atom stereocenters. The molecule has 3 aliphatic rings. The van der Waals surface area contributed by atoms with Crippen LogP contribution in [0.1, 0.15) is 47.3 Å². The molecule has 3 saturated heterocycles. The molecule has 4 rings (SSSR count). The van der Waals surface area contributed by atoms with E-state index in [4.69, 9.17) is 37.9 Å². The summed E-state index contributed by atoms with van der Waals surface area (Å²) < 4.78 is 48.5. The predicted molar refractivity (Wildman–Crippen MR) is 140 cm³/mol. The van der Waals surface area contributed by atoms with Crippen molar-refractivity contribution in [3.8, 4) is 0 Å². The Balaban J connectivity index is 1.54. The lowest BCUT2D eigenvalue weighted by Gasteiger charge is -2.40. The lowest BCUT2D eigenvalue weighted by molar-refractivity contribution is -0.275. The summed E-state index contributed by atoms with van der Waals surface area (Å²) in [6, 6.07) is 1.25. The first kappa shape index (κ1) is 31.6. The number of allylic oxidation sites excluding steroid dienone is 1. The molecule has 0 amide bonds. The van der Waals surface area contributed by atoms with Gasteiger partial charge in [-0.2, -0.15) is 0 Å². The van der Waals surface area contributed by atoms with Crippen molar-refractivity contribution < 1.29 is 52.3 Å². The molecule has 0 saturated carbocycles. The second-order valence-electron chi connectivity index (χ2n) is 10.6. The minimum Gasteiger partial charge on any atom is -0.463 e. The zero-order chi connectivity index (χ0) is 30.8. The number of hydrogen-bond acceptors (Lipinski definition) is 13. The summed E-state index contributed by atoms with van der Waals surface area (Å²) in [5.74, 6) is -2.83. The highest BCUT2D eigenvalue weighted by molar-refractivity contribution is 5.67. The smallest absolute Gasteiger partial charge is 0.333 e. The molecule has 4 heterocycles. The predicted octanol–water partition coefficient (Wildman–Crippen LogP) is 0.172. The third-order valence-electron chi connectivity index (χ3n) is 6.81. The highest BCUT2D eigenvalue weighted by Gasteiger charge is 2.56. The molecule has 0 spiro atoms. The maximum Gasteiger partial charge on any atom is 0.333 e. The fourth-order valence-corrected chi connectivity index (χ4v) is 5.25. The molecule has 3 aliphatic heterocycles. The summed E-state index contributed by atoms with van der Waals surface area (Å²) in [7, 11) is 0. The largest absolute Gasteiger partial charge is 0.463 e. The first-order chi connectivity index (χ1) is 19.8. The van der Waals surface area contributed by atoms with E-state index in [0.717, 1.165) is 4.57 Å². The number of aromatic nitrogens is 2. The van der Waals surface area contributed by atoms with E-state index in [0.29, 0.717) is 0 Å². The maximum atomic E-state index is 13.1. The zero-order valence-corrected chi connectivity index (χ0v) is 24.1. The Morgan fingerprint density at radius 2 is 1.69 bits per heavy atom. The molecule has 3 fully saturated rings. The third-order valence-corrected chi connectivity index (χ3v) is 6.81. The summed E-state index contributed by atoms with van der Waals surface area (Å²) in [5, 5.41) is 0. The molecular weight excluding hydrogens is 560 g/mol. The number of carbonyl (C=O) groups is 3. The average Bonchev–Trinajstić information content (AvgIpc) is 3.38. The van der Waals surface area contributed by atoms with E-state index in [-0.39, 0.29) is 26.2 Å². The van der Waals surface area contributed by atoms with Crippen LogP contribution in [0.2, 0.25) is 0 Å². The number of fused-ring (bicyclic) bond motifs is 1. The summed E-state index contributed by atoms with van der Waals surface area (Å²) >= 11 is 0. The molecule has 0 bridgehead atoms. The fourth-order valence-electron chi connectivity index (χ4n) is 5.25. The van der Waals surface area contributed by atoms with Gasteiger partial charge in [0.1, 0.15) is 37.1 Å². The van der Waals surface area contributed by atoms with Gasteiger partial charge in [0.25, 0.3) is 5.56 Å². The van der Waals surface area contributed by atoms with Gasteiger partial charge in [-0.25, -0.2) is 4.79 Å². The number of carbonyl (C=O) groups excluding carboxylic acids is 3. The second kappa shape index (κ2) is 12.9. The number of rotatable bonds is 10. The highest BCUT2D eigenvalue weighted by atomic mass is 16.8. The molecule has 1 aromatic heterocycles. The molecule has 0 radical (unpaired) electrons. The minimum atomic E-state index is -1.05. The molecule has 232 valence electrons. The average molecular weight is 597 g/mol. The minimum absolute atomic E-state index is 0.00678. The van der Waals surface area contributed by atoms with Crippen LogP contribution in [0.5, 0.6) is 0 Å². The molecule has 0 N–H and O–H groups in total. The first-order valence-corrected chi connectivity index (χ1v) is 13.5. The van der Waals surface area contributed by atoms with Crippen molar-refractivity contribution >= 4 is 17.9 Å². The highest BCUT2D eigenvalue weighted by Crippen LogP contribution is 2.43. The van der Waals surface area contributed by atoms with Gasteiger partial charge in [-0.15, -0.1) is 6.58 Å². The van der Waals surface area contributed by atoms with Crippen molar-refractivity contribution in [1.29, 1.82) is 0 Å². The molecule has 1 aromatic rings. The van der Waals surface area contributed by atoms with Gasteiger partial charge in [0.15, 0.2) is 24.4 Å². The number of nitrogens with zero attached hydrogens (tertiary/aromatic N) is 2. The van der Waals surface area contributed by atoms with E-state index in [1.54, 1.807) is 13.8 Å². The summed E-state index contributed by atoms with van der Waals surface area (Å²) in [4.78, 5) is 60.4. The van der Waals surface area contributed by atoms with E-state index in [2.05, 4.69) is 6.58 Å². The quantitative estimate of drug-likeness (QED) is 0.204. The van der Waals surface area contributed by atoms with Gasteiger partial charge in [0.05, 0.1) is 6.61 Å². The number of ether oxygens (including phenoxy) is 8. The van der Waals surface area contributed by atoms with Crippen molar-refractivity contribution in [1.82, 2.24) is 9.13 Å². The van der Waals surface area contributed by atoms with Crippen LogP contribution in [0, 0.1) is 0 Å². The van der Waals surface area contributed by atoms with Gasteiger partial charge < -0.3 is 37.9 Å². The van der Waals surface area contributed by atoms with Gasteiger partial charge in [-0.1, -0.05) is 6.08 Å². The topological polar surface area (TPSA) is 169 Å². The van der Waals surface area contributed by atoms with E-state index < -0.39 is 84.1 Å². The van der Waals surface area contributed by atoms with Crippen LogP contribution in [0.15, 0.2) is 34.5 Å². The van der Waals surface area contributed by atoms with Crippen LogP contribution in [0.4, 0.5) is 0 Å². The van der Waals surface area contributed by atoms with Crippen LogP contribution in [0.3, 0.4) is 0 Å². The van der Waals surface area contributed by atoms with Crippen molar-refractivity contribution in [2.75, 3.05) is 13.2 Å². The molecular formula is C27H36N2O13. The van der Waals surface area contributed by atoms with Gasteiger partial charge in [0.2, 0.25) is 0 Å². The SMILES string of the molecule is C=CCn1c(=O)ccn([C@@H]2O[C@H](COC3CC(OC(C)=O)C(OC(C)=O)C(COC(C)=O)O3)[C@H]3OC(C)(C)O[C@H]32)c1=O. The molecule has 42 heavy (non-hydrogen) atoms. The van der Waals surface area contributed by atoms with Crippen LogP contribution in [0.25, 0.3) is 0 Å². The van der Waals surface area contributed by atoms with Gasteiger partial charge in [-0.05, 0) is 13.8 Å². The Bertz CT molecular complexity index is 1300. The number of hydrogen-bond donors (Lipinski definition) is 0. The van der Waals surface area contributed by atoms with Crippen LogP contribution in [-0.4, -0.2) is 89.0 Å². The fraction of sp³-hybridized carbons (Fsp3) is 0.667. The second-order valence-corrected chi connectivity index (χ2v) is 10.6. The lowest BCUT2D eigenvalue weighted by Crippen LogP contribution is -2.54. The van der Waals surface area contributed by atoms with Crippen LogP contribution >= 0.6 is 0 Å². The van der Waals surface area contributed by atoms with Gasteiger partial charge >= 0.3 is 23.6 Å². The maximum absolute atomic E-state index is 13.1. The van der Waals surface area contributed by atoms with E-state index >= 15 is 0 Å². The molecule has 0 aliphatic carbocycles. The van der Waals surface area contributed by atoms with Gasteiger partial charge in [-0.3, -0.25) is 28.3 Å². The van der Waals surface area contributed by atoms with E-state index in [9.17, 15) is 24.0 Å². The van der Waals surface area contributed by atoms with Crippen molar-refractivity contribution in [3.05, 3.63) is 45.8 Å². The Morgan fingerprint density at radius 3 is 2.33 bits per heavy atom. The summed E-state index contributed by atoms with van der Waals surface area (Å²) in [5.41, 5.74) is -1.09. The third kappa shape index (κ3) is 7.15. The normalized spacial score (nSPS) is 31.6. The molecule has 0 aromatic carbocycles. The Morgan fingerprint density at radius 1 is 1.00 bits per heavy atom. The Labute approximate surface area is 241 Å². The summed E-state index contributed by atoms with van der Waals surface area (Å²) in [6.45, 7) is 10.3. The van der Waals surface area contributed by atoms with Crippen LogP contribution < -0.4 is 11.2 Å². The monoisotopic (exact) mass is 596 g/mol. The standard InChI is InChI=1S/C27H36N2O13/c1-7-9-28-20(33)8-10-29(26(28)34)25-24-23(41-27(5,6)42-24)19(40-25)13-36-21-11-17(37-15(3)31)22(38-16(4)32)18(39-21)12-35-14(2)30/h7-8,10,17-19,21-25H,1,9,11-13H2,2-6H3/t17?,18?,19-,21?,22?,23-,24-,25-/m1/s1. The Kier molecular flexibility index (Phi) is 9.67. The zero-order valence-electron chi connectivity index (χ0n) is 24.1. The van der Waals surface area contributed by atoms with Crippen molar-refractivity contribution in [2.45, 2.75) is 103 Å². The number of esters is 3. The molecule has 15 nitrogen and oxygen atoms in total.